The van der Waals surface area contributed by atoms with Crippen LogP contribution in [0.2, 0.25) is 0 Å². The summed E-state index contributed by atoms with van der Waals surface area (Å²) in [4.78, 5) is 17.9. The van der Waals surface area contributed by atoms with Gasteiger partial charge < -0.3 is 19.0 Å². The molecule has 6 rings (SSSR count). The fraction of sp³-hybridized carbons (Fsp3) is 0.200. The second-order valence-corrected chi connectivity index (χ2v) is 12.2. The van der Waals surface area contributed by atoms with E-state index in [1.807, 2.05) is 24.5 Å². The molecule has 0 bridgehead atoms. The summed E-state index contributed by atoms with van der Waals surface area (Å²) < 4.78 is 55.0. The average molecular weight is 575 g/mol. The number of pyridine rings is 1. The number of allylic oxidation sites excluding steroid dienone is 1. The van der Waals surface area contributed by atoms with E-state index in [-0.39, 0.29) is 18.5 Å². The number of fused-ring (bicyclic) bond motifs is 6. The molecule has 0 unspecified atom stereocenters. The van der Waals surface area contributed by atoms with Crippen LogP contribution in [0.25, 0.3) is 50.6 Å². The Labute approximate surface area is 235 Å². The van der Waals surface area contributed by atoms with Gasteiger partial charge in [-0.25, -0.2) is 17.8 Å². The Hall–Kier alpha value is -4.64. The summed E-state index contributed by atoms with van der Waals surface area (Å²) in [6, 6.07) is 13.4. The standard InChI is InChI=1S/C30H27FN4O5S/c1-16(2)11-27-28(30(36)32-3)19-12-18(23(14-26(19)40-27)34(4)41(5,37)38)21-9-10-25-29(33-21)24-13-17-20(31)7-6-8-22(17)35(24)15-39-25/h6-14H,15H2,1-5H3,(H,32,36). The number of ether oxygens (including phenoxy) is 1. The van der Waals surface area contributed by atoms with Crippen LogP contribution in [-0.4, -0.2) is 44.2 Å². The van der Waals surface area contributed by atoms with Gasteiger partial charge in [-0.1, -0.05) is 11.6 Å². The number of halogens is 1. The minimum absolute atomic E-state index is 0.196. The number of benzene rings is 2. The number of carbonyl (C=O) groups excluding carboxylic acids is 1. The molecule has 9 nitrogen and oxygen atoms in total. The summed E-state index contributed by atoms with van der Waals surface area (Å²) in [6.07, 6.45) is 2.87. The number of hydrogen-bond acceptors (Lipinski definition) is 6. The molecule has 0 fully saturated rings. The summed E-state index contributed by atoms with van der Waals surface area (Å²) in [7, 11) is -0.703. The van der Waals surface area contributed by atoms with Crippen LogP contribution in [0.15, 0.2) is 58.5 Å². The minimum atomic E-state index is -3.68. The van der Waals surface area contributed by atoms with Crippen molar-refractivity contribution >= 4 is 49.6 Å². The highest BCUT2D eigenvalue weighted by Crippen LogP contribution is 2.42. The first-order valence-corrected chi connectivity index (χ1v) is 14.7. The zero-order valence-electron chi connectivity index (χ0n) is 23.1. The quantitative estimate of drug-likeness (QED) is 0.285. The van der Waals surface area contributed by atoms with Gasteiger partial charge in [-0.2, -0.15) is 0 Å². The molecule has 0 spiro atoms. The van der Waals surface area contributed by atoms with Crippen molar-refractivity contribution in [2.75, 3.05) is 24.7 Å². The van der Waals surface area contributed by atoms with E-state index in [2.05, 4.69) is 5.32 Å². The van der Waals surface area contributed by atoms with E-state index in [0.717, 1.165) is 16.1 Å². The van der Waals surface area contributed by atoms with Crippen LogP contribution in [0, 0.1) is 5.82 Å². The highest BCUT2D eigenvalue weighted by atomic mass is 32.2. The number of hydrogen-bond donors (Lipinski definition) is 1. The molecular weight excluding hydrogens is 547 g/mol. The van der Waals surface area contributed by atoms with Gasteiger partial charge >= 0.3 is 0 Å². The maximum Gasteiger partial charge on any atom is 0.255 e. The fourth-order valence-corrected chi connectivity index (χ4v) is 5.64. The predicted molar refractivity (Wildman–Crippen MR) is 157 cm³/mol. The lowest BCUT2D eigenvalue weighted by Crippen LogP contribution is -2.25. The predicted octanol–water partition coefficient (Wildman–Crippen LogP) is 5.78. The van der Waals surface area contributed by atoms with Crippen LogP contribution < -0.4 is 14.4 Å². The maximum atomic E-state index is 14.6. The number of aromatic nitrogens is 2. The molecule has 1 amide bonds. The monoisotopic (exact) mass is 574 g/mol. The molecule has 210 valence electrons. The molecule has 1 aliphatic heterocycles. The second kappa shape index (κ2) is 9.48. The molecule has 1 N–H and O–H groups in total. The topological polar surface area (TPSA) is 107 Å². The Morgan fingerprint density at radius 1 is 1.15 bits per heavy atom. The smallest absolute Gasteiger partial charge is 0.255 e. The number of furan rings is 1. The van der Waals surface area contributed by atoms with Crippen LogP contribution in [0.1, 0.15) is 30.0 Å². The van der Waals surface area contributed by atoms with E-state index in [0.29, 0.717) is 67.3 Å². The Kier molecular flexibility index (Phi) is 6.14. The third-order valence-corrected chi connectivity index (χ3v) is 8.35. The third-order valence-electron chi connectivity index (χ3n) is 7.16. The van der Waals surface area contributed by atoms with Crippen LogP contribution in [-0.2, 0) is 16.8 Å². The molecule has 2 aromatic carbocycles. The van der Waals surface area contributed by atoms with Gasteiger partial charge in [-0.3, -0.25) is 9.10 Å². The van der Waals surface area contributed by atoms with Gasteiger partial charge in [0.2, 0.25) is 10.0 Å². The number of nitrogens with zero attached hydrogens (tertiary/aromatic N) is 3. The number of carbonyl (C=O) groups is 1. The Morgan fingerprint density at radius 2 is 1.93 bits per heavy atom. The molecule has 5 aromatic rings. The minimum Gasteiger partial charge on any atom is -0.470 e. The van der Waals surface area contributed by atoms with Crippen LogP contribution in [0.3, 0.4) is 0 Å². The van der Waals surface area contributed by atoms with Gasteiger partial charge in [0.25, 0.3) is 5.91 Å². The molecule has 0 atom stereocenters. The van der Waals surface area contributed by atoms with Gasteiger partial charge in [-0.05, 0) is 56.3 Å². The largest absolute Gasteiger partial charge is 0.470 e. The van der Waals surface area contributed by atoms with Crippen LogP contribution in [0.5, 0.6) is 5.75 Å². The molecule has 0 aliphatic carbocycles. The number of sulfonamides is 1. The fourth-order valence-electron chi connectivity index (χ4n) is 5.13. The van der Waals surface area contributed by atoms with Gasteiger partial charge in [0, 0.05) is 36.5 Å². The van der Waals surface area contributed by atoms with Crippen molar-refractivity contribution in [1.82, 2.24) is 14.9 Å². The molecular formula is C30H27FN4O5S. The highest BCUT2D eigenvalue weighted by Gasteiger charge is 2.27. The van der Waals surface area contributed by atoms with Crippen molar-refractivity contribution in [2.24, 2.45) is 0 Å². The SMILES string of the molecule is CNC(=O)c1c(C=C(C)C)oc2cc(N(C)S(C)(=O)=O)c(-c3ccc4c(n3)-c3cc5c(F)cccc5n3CO4)cc12. The van der Waals surface area contributed by atoms with Crippen molar-refractivity contribution in [1.29, 1.82) is 0 Å². The summed E-state index contributed by atoms with van der Waals surface area (Å²) in [6.45, 7) is 3.97. The van der Waals surface area contributed by atoms with Gasteiger partial charge in [0.05, 0.1) is 34.4 Å². The van der Waals surface area contributed by atoms with Crippen LogP contribution in [0.4, 0.5) is 10.1 Å². The van der Waals surface area contributed by atoms with Crippen LogP contribution >= 0.6 is 0 Å². The van der Waals surface area contributed by atoms with Gasteiger partial charge in [0.1, 0.15) is 28.6 Å². The van der Waals surface area contributed by atoms with E-state index in [9.17, 15) is 17.6 Å². The van der Waals surface area contributed by atoms with Gasteiger partial charge in [-0.15, -0.1) is 0 Å². The van der Waals surface area contributed by atoms with E-state index in [1.54, 1.807) is 42.5 Å². The molecule has 1 aliphatic rings. The molecule has 4 heterocycles. The number of amides is 1. The van der Waals surface area contributed by atoms with E-state index < -0.39 is 10.0 Å². The average Bonchev–Trinajstić information content (AvgIpc) is 3.49. The Bertz CT molecular complexity index is 2040. The zero-order chi connectivity index (χ0) is 29.2. The number of rotatable bonds is 5. The van der Waals surface area contributed by atoms with Crippen molar-refractivity contribution in [2.45, 2.75) is 20.6 Å². The van der Waals surface area contributed by atoms with Crippen molar-refractivity contribution in [3.05, 3.63) is 71.2 Å². The van der Waals surface area contributed by atoms with Crippen molar-refractivity contribution < 1.29 is 26.8 Å². The first-order valence-electron chi connectivity index (χ1n) is 12.8. The maximum absolute atomic E-state index is 14.6. The summed E-state index contributed by atoms with van der Waals surface area (Å²) in [5.74, 6) is 0.190. The second-order valence-electron chi connectivity index (χ2n) is 10.2. The summed E-state index contributed by atoms with van der Waals surface area (Å²) >= 11 is 0. The third kappa shape index (κ3) is 4.33. The molecule has 0 saturated heterocycles. The molecule has 41 heavy (non-hydrogen) atoms. The normalized spacial score (nSPS) is 12.5. The number of nitrogens with one attached hydrogen (secondary N) is 1. The first kappa shape index (κ1) is 26.6. The van der Waals surface area contributed by atoms with Crippen molar-refractivity contribution in [3.8, 4) is 28.4 Å². The first-order chi connectivity index (χ1) is 19.5. The van der Waals surface area contributed by atoms with E-state index in [1.165, 1.54) is 20.2 Å². The van der Waals surface area contributed by atoms with Gasteiger partial charge in [0.15, 0.2) is 6.73 Å². The van der Waals surface area contributed by atoms with Crippen molar-refractivity contribution in [3.63, 3.8) is 0 Å². The summed E-state index contributed by atoms with van der Waals surface area (Å²) in [5, 5.41) is 3.62. The Balaban J connectivity index is 1.64. The molecule has 0 saturated carbocycles. The Morgan fingerprint density at radius 3 is 2.63 bits per heavy atom. The molecule has 0 radical (unpaired) electrons. The molecule has 11 heteroatoms. The van der Waals surface area contributed by atoms with E-state index in [4.69, 9.17) is 14.1 Å². The highest BCUT2D eigenvalue weighted by molar-refractivity contribution is 7.92. The molecule has 3 aromatic heterocycles. The zero-order valence-corrected chi connectivity index (χ0v) is 23.9. The number of anilines is 1. The lowest BCUT2D eigenvalue weighted by atomic mass is 10.0. The lowest BCUT2D eigenvalue weighted by molar-refractivity contribution is 0.0963. The van der Waals surface area contributed by atoms with E-state index >= 15 is 0 Å². The summed E-state index contributed by atoms with van der Waals surface area (Å²) in [5.41, 5.74) is 4.65. The lowest BCUT2D eigenvalue weighted by Gasteiger charge is -2.23.